The van der Waals surface area contributed by atoms with E-state index in [1.165, 1.54) is 0 Å². The second-order valence-corrected chi connectivity index (χ2v) is 13.0. The van der Waals surface area contributed by atoms with E-state index in [1.807, 2.05) is 0 Å². The van der Waals surface area contributed by atoms with Crippen LogP contribution < -0.4 is 20.7 Å². The van der Waals surface area contributed by atoms with Gasteiger partial charge < -0.3 is 0 Å². The highest BCUT2D eigenvalue weighted by atomic mass is 79.9. The van der Waals surface area contributed by atoms with Crippen LogP contribution in [0.4, 0.5) is 0 Å². The molecule has 0 saturated heterocycles. The summed E-state index contributed by atoms with van der Waals surface area (Å²) >= 11 is 3.03. The molecule has 2 heteroatoms. The van der Waals surface area contributed by atoms with Crippen molar-refractivity contribution in [1.82, 2.24) is 0 Å². The molecule has 0 aromatic heterocycles. The molecule has 0 aliphatic heterocycles. The first kappa shape index (κ1) is 9.87. The number of benzene rings is 7. The summed E-state index contributed by atoms with van der Waals surface area (Å²) in [5, 5.41) is -5.07. The van der Waals surface area contributed by atoms with Crippen molar-refractivity contribution < 1.29 is 42.5 Å². The van der Waals surface area contributed by atoms with Crippen LogP contribution in [0, 0.1) is 0 Å². The first-order chi connectivity index (χ1) is 34.6. The molecule has 0 aliphatic rings. The summed E-state index contributed by atoms with van der Waals surface area (Å²) in [6.45, 7) is 0. The highest BCUT2D eigenvalue weighted by Gasteiger charge is 2.42. The Hall–Kier alpha value is -4.76. The zero-order valence-corrected chi connectivity index (χ0v) is 24.5. The first-order valence-electron chi connectivity index (χ1n) is 27.9. The standard InChI is InChI=1S/C42H31BrSi/c43-38-23-13-27-42(31-38)44(39-24-10-20-35(28-39)32-14-4-1-5-15-32,40-25-11-21-36(29-40)33-16-6-2-7-17-33)41-26-12-22-37(30-41)34-18-8-3-9-19-34/h1-31H/i1D,2D,3D,4D,5D,6D,7D,8D,9D,10D,11D,12D,13D,14D,15D,16D,17D,18D,19D,20D,21D,22D,23D,24D,25D,26D,27D,28D,29D,30D,31D. The topological polar surface area (TPSA) is 0 Å². The second kappa shape index (κ2) is 12.5. The van der Waals surface area contributed by atoms with Gasteiger partial charge in [-0.3, -0.25) is 0 Å². The molecule has 0 spiro atoms. The highest BCUT2D eigenvalue weighted by Crippen LogP contribution is 2.24. The van der Waals surface area contributed by atoms with Crippen molar-refractivity contribution in [2.24, 2.45) is 0 Å². The van der Waals surface area contributed by atoms with Gasteiger partial charge in [0.15, 0.2) is 8.07 Å². The largest absolute Gasteiger partial charge is 0.179 e. The van der Waals surface area contributed by atoms with Crippen LogP contribution in [0.3, 0.4) is 0 Å². The van der Waals surface area contributed by atoms with E-state index in [2.05, 4.69) is 15.9 Å². The van der Waals surface area contributed by atoms with E-state index in [-0.39, 0.29) is 0 Å². The number of rotatable bonds is 7. The number of halogens is 1. The van der Waals surface area contributed by atoms with Crippen LogP contribution in [0.2, 0.25) is 0 Å². The van der Waals surface area contributed by atoms with Crippen LogP contribution in [0.25, 0.3) is 33.4 Å². The average Bonchev–Trinajstić information content (AvgIpc) is 3.37. The quantitative estimate of drug-likeness (QED) is 0.117. The van der Waals surface area contributed by atoms with Crippen molar-refractivity contribution >= 4 is 44.8 Å². The minimum absolute atomic E-state index is 0.748. The molecular weight excluding hydrogens is 612 g/mol. The summed E-state index contributed by atoms with van der Waals surface area (Å²) in [5.74, 6) is 0. The van der Waals surface area contributed by atoms with Crippen LogP contribution in [0.5, 0.6) is 0 Å². The van der Waals surface area contributed by atoms with Gasteiger partial charge in [0.25, 0.3) is 0 Å². The predicted molar refractivity (Wildman–Crippen MR) is 194 cm³/mol. The molecule has 0 amide bonds. The Balaban J connectivity index is 2.03. The van der Waals surface area contributed by atoms with E-state index in [1.54, 1.807) is 0 Å². The minimum Gasteiger partial charge on any atom is -0.0622 e. The van der Waals surface area contributed by atoms with Crippen molar-refractivity contribution in [2.45, 2.75) is 0 Å². The van der Waals surface area contributed by atoms with E-state index in [9.17, 15) is 15.1 Å². The lowest BCUT2D eigenvalue weighted by molar-refractivity contribution is 1.60. The molecule has 7 aromatic carbocycles. The fourth-order valence-corrected chi connectivity index (χ4v) is 8.58. The SMILES string of the molecule is [2H]c1c([2H])c([2H])c(-c2c([2H])c([2H])c([2H])c([Si](c3c([2H])c([2H])c([2H])c(Br)c3[2H])(c3c([2H])c([2H])c([2H])c(-c4c([2H])c([2H])c([2H])c([2H])c4[2H])c3[2H])c3c([2H])c([2H])c([2H])c(-c4c([2H])c([2H])c([2H])c([2H])c4[2H])c3[2H])c2[2H])c([2H])c1[2H]. The van der Waals surface area contributed by atoms with Crippen molar-refractivity contribution in [2.75, 3.05) is 0 Å². The Kier molecular flexibility index (Phi) is 2.79. The van der Waals surface area contributed by atoms with E-state index in [0.717, 1.165) is 0 Å². The van der Waals surface area contributed by atoms with Crippen molar-refractivity contribution in [3.05, 3.63) is 192 Å². The summed E-state index contributed by atoms with van der Waals surface area (Å²) in [7, 11) is -6.72. The third-order valence-electron chi connectivity index (χ3n) is 6.22. The zero-order chi connectivity index (χ0) is 56.7. The molecule has 0 fully saturated rings. The predicted octanol–water partition coefficient (Wildman–Crippen LogP) is 8.83. The Bertz CT molecular complexity index is 3320. The van der Waals surface area contributed by atoms with Crippen LogP contribution in [-0.2, 0) is 0 Å². The minimum atomic E-state index is -6.72. The lowest BCUT2D eigenvalue weighted by Gasteiger charge is -2.35. The van der Waals surface area contributed by atoms with Gasteiger partial charge in [-0.2, -0.15) is 0 Å². The van der Waals surface area contributed by atoms with Gasteiger partial charge >= 0.3 is 0 Å². The van der Waals surface area contributed by atoms with Gasteiger partial charge in [0, 0.05) is 4.47 Å². The van der Waals surface area contributed by atoms with Crippen molar-refractivity contribution in [3.63, 3.8) is 0 Å². The maximum atomic E-state index is 10.1. The molecule has 0 saturated carbocycles. The molecule has 0 unspecified atom stereocenters. The molecule has 0 aliphatic carbocycles. The van der Waals surface area contributed by atoms with E-state index < -0.39 is 254 Å². The van der Waals surface area contributed by atoms with Crippen LogP contribution in [0.1, 0.15) is 42.5 Å². The Morgan fingerprint density at radius 3 is 0.977 bits per heavy atom. The molecule has 0 heterocycles. The lowest BCUT2D eigenvalue weighted by Crippen LogP contribution is -2.74. The monoisotopic (exact) mass is 673 g/mol. The number of hydrogen-bond acceptors (Lipinski definition) is 0. The third-order valence-corrected chi connectivity index (χ3v) is 10.6. The Labute approximate surface area is 313 Å². The van der Waals surface area contributed by atoms with E-state index >= 15 is 0 Å². The molecule has 7 aromatic rings. The highest BCUT2D eigenvalue weighted by molar-refractivity contribution is 9.10. The summed E-state index contributed by atoms with van der Waals surface area (Å²) in [5.41, 5.74) is -6.43. The maximum Gasteiger partial charge on any atom is 0.179 e. The van der Waals surface area contributed by atoms with Crippen molar-refractivity contribution in [3.8, 4) is 33.4 Å². The van der Waals surface area contributed by atoms with Gasteiger partial charge in [0.1, 0.15) is 0 Å². The first-order valence-corrected chi connectivity index (χ1v) is 15.2. The van der Waals surface area contributed by atoms with Crippen LogP contribution >= 0.6 is 15.9 Å². The molecule has 0 bridgehead atoms. The molecule has 0 nitrogen and oxygen atoms in total. The molecule has 0 atom stereocenters. The van der Waals surface area contributed by atoms with Crippen LogP contribution in [0.15, 0.2) is 192 Å². The molecule has 44 heavy (non-hydrogen) atoms. The van der Waals surface area contributed by atoms with Gasteiger partial charge in [-0.15, -0.1) is 0 Å². The smallest absolute Gasteiger partial charge is 0.0622 e. The van der Waals surface area contributed by atoms with Gasteiger partial charge in [0.05, 0.1) is 42.5 Å². The van der Waals surface area contributed by atoms with Gasteiger partial charge in [0.2, 0.25) is 0 Å². The van der Waals surface area contributed by atoms with Crippen LogP contribution in [-0.4, -0.2) is 8.07 Å². The normalized spacial score (nSPS) is 21.2. The molecule has 0 N–H and O–H groups in total. The number of hydrogen-bond donors (Lipinski definition) is 0. The fraction of sp³-hybridized carbons (Fsp3) is 0. The zero-order valence-electron chi connectivity index (χ0n) is 52.9. The summed E-state index contributed by atoms with van der Waals surface area (Å²) in [4.78, 5) is 0. The molecule has 0 radical (unpaired) electrons. The summed E-state index contributed by atoms with van der Waals surface area (Å²) in [6, 6.07) is -37.1. The second-order valence-electron chi connectivity index (χ2n) is 8.69. The molecular formula is C42H31BrSi. The van der Waals surface area contributed by atoms with E-state index in [4.69, 9.17) is 27.4 Å². The molecule has 210 valence electrons. The van der Waals surface area contributed by atoms with Crippen molar-refractivity contribution in [1.29, 1.82) is 0 Å². The van der Waals surface area contributed by atoms with Gasteiger partial charge in [-0.1, -0.05) is 191 Å². The Morgan fingerprint density at radius 1 is 0.318 bits per heavy atom. The van der Waals surface area contributed by atoms with Gasteiger partial charge in [-0.05, 0) is 66.2 Å². The van der Waals surface area contributed by atoms with E-state index in [0.29, 0.717) is 0 Å². The average molecular weight is 675 g/mol. The summed E-state index contributed by atoms with van der Waals surface area (Å²) < 4.78 is 281. The van der Waals surface area contributed by atoms with Gasteiger partial charge in [-0.25, -0.2) is 0 Å². The lowest BCUT2D eigenvalue weighted by atomic mass is 10.1. The fourth-order valence-electron chi connectivity index (χ4n) is 4.35. The summed E-state index contributed by atoms with van der Waals surface area (Å²) in [6.07, 6.45) is 0. The molecule has 7 rings (SSSR count). The Morgan fingerprint density at radius 2 is 0.614 bits per heavy atom. The third kappa shape index (κ3) is 5.39. The maximum absolute atomic E-state index is 10.1.